The number of hydrogen-bond acceptors (Lipinski definition) is 0. The van der Waals surface area contributed by atoms with Crippen molar-refractivity contribution in [3.63, 3.8) is 0 Å². The van der Waals surface area contributed by atoms with Crippen molar-refractivity contribution in [3.05, 3.63) is 11.1 Å². The van der Waals surface area contributed by atoms with Gasteiger partial charge in [0.15, 0.2) is 0 Å². The normalized spacial score (nSPS) is 67.3. The molecule has 0 aromatic rings. The largest absolute Gasteiger partial charge is 0.0707 e. The summed E-state index contributed by atoms with van der Waals surface area (Å²) in [6.07, 6.45) is 8.07. The second-order valence-electron chi connectivity index (χ2n) is 9.02. The van der Waals surface area contributed by atoms with Crippen LogP contribution in [0.3, 0.4) is 0 Å². The first-order valence-corrected chi connectivity index (χ1v) is 8.93. The zero-order chi connectivity index (χ0) is 12.5. The Labute approximate surface area is 117 Å². The van der Waals surface area contributed by atoms with Crippen molar-refractivity contribution in [1.29, 1.82) is 0 Å². The highest BCUT2D eigenvalue weighted by atomic mass is 14.7. The maximum absolute atomic E-state index is 2.47. The van der Waals surface area contributed by atoms with Gasteiger partial charge >= 0.3 is 0 Å². The Hall–Kier alpha value is -0.260. The zero-order valence-corrected chi connectivity index (χ0v) is 12.3. The van der Waals surface area contributed by atoms with Crippen molar-refractivity contribution in [2.24, 2.45) is 59.2 Å². The lowest BCUT2D eigenvalue weighted by Crippen LogP contribution is -2.40. The second kappa shape index (κ2) is 3.00. The molecule has 6 bridgehead atoms. The molecule has 5 saturated carbocycles. The summed E-state index contributed by atoms with van der Waals surface area (Å²) in [7, 11) is 0. The smallest absolute Gasteiger partial charge is 0.0163 e. The molecule has 0 saturated heterocycles. The summed E-state index contributed by atoms with van der Waals surface area (Å²) in [6.45, 7) is 4.95. The topological polar surface area (TPSA) is 0 Å². The van der Waals surface area contributed by atoms with Crippen molar-refractivity contribution < 1.29 is 0 Å². The molecular formula is C19H26. The van der Waals surface area contributed by atoms with E-state index in [9.17, 15) is 0 Å². The molecule has 10 unspecified atom stereocenters. The second-order valence-corrected chi connectivity index (χ2v) is 9.02. The van der Waals surface area contributed by atoms with E-state index in [0.717, 1.165) is 23.7 Å². The van der Waals surface area contributed by atoms with Crippen molar-refractivity contribution in [2.45, 2.75) is 46.0 Å². The van der Waals surface area contributed by atoms with Crippen LogP contribution in [0.5, 0.6) is 0 Å². The van der Waals surface area contributed by atoms with Gasteiger partial charge in [-0.15, -0.1) is 0 Å². The maximum atomic E-state index is 2.47. The van der Waals surface area contributed by atoms with Crippen molar-refractivity contribution in [1.82, 2.24) is 0 Å². The average molecular weight is 254 g/mol. The molecular weight excluding hydrogens is 228 g/mol. The van der Waals surface area contributed by atoms with Gasteiger partial charge in [0, 0.05) is 0 Å². The van der Waals surface area contributed by atoms with Gasteiger partial charge in [-0.25, -0.2) is 0 Å². The Bertz CT molecular complexity index is 458. The van der Waals surface area contributed by atoms with E-state index >= 15 is 0 Å². The van der Waals surface area contributed by atoms with Gasteiger partial charge in [0.2, 0.25) is 0 Å². The SMILES string of the molecule is CC1=C(C)C2CC1C1C3CC(C4C5CCC(C5)C34)C21. The van der Waals surface area contributed by atoms with E-state index in [1.165, 1.54) is 35.5 Å². The van der Waals surface area contributed by atoms with E-state index < -0.39 is 0 Å². The lowest BCUT2D eigenvalue weighted by Gasteiger charge is -2.45. The number of rotatable bonds is 0. The molecule has 0 nitrogen and oxygen atoms in total. The van der Waals surface area contributed by atoms with Crippen LogP contribution in [0.2, 0.25) is 0 Å². The lowest BCUT2D eigenvalue weighted by atomic mass is 9.59. The Morgan fingerprint density at radius 3 is 1.68 bits per heavy atom. The van der Waals surface area contributed by atoms with E-state index in [-0.39, 0.29) is 0 Å². The van der Waals surface area contributed by atoms with Crippen LogP contribution >= 0.6 is 0 Å². The highest BCUT2D eigenvalue weighted by Gasteiger charge is 2.70. The quantitative estimate of drug-likeness (QED) is 0.440. The summed E-state index contributed by atoms with van der Waals surface area (Å²) < 4.78 is 0. The molecule has 10 atom stereocenters. The number of allylic oxidation sites excluding steroid dienone is 2. The standard InChI is InChI=1S/C19H26/c1-8-9(2)13-6-12(8)18-14-7-15(19(13)18)17-11-4-3-10(5-11)16(14)17/h10-19H,3-7H2,1-2H3. The van der Waals surface area contributed by atoms with Gasteiger partial charge in [0.25, 0.3) is 0 Å². The first-order chi connectivity index (χ1) is 9.25. The minimum absolute atomic E-state index is 1.03. The van der Waals surface area contributed by atoms with Crippen molar-refractivity contribution >= 4 is 0 Å². The summed E-state index contributed by atoms with van der Waals surface area (Å²) in [6, 6.07) is 0. The van der Waals surface area contributed by atoms with Crippen LogP contribution in [0.4, 0.5) is 0 Å². The molecule has 102 valence electrons. The lowest BCUT2D eigenvalue weighted by molar-refractivity contribution is 0.0465. The average Bonchev–Trinajstić information content (AvgIpc) is 3.15. The number of hydrogen-bond donors (Lipinski definition) is 0. The van der Waals surface area contributed by atoms with Gasteiger partial charge in [0.1, 0.15) is 0 Å². The van der Waals surface area contributed by atoms with Crippen molar-refractivity contribution in [3.8, 4) is 0 Å². The van der Waals surface area contributed by atoms with E-state index in [0.29, 0.717) is 0 Å². The molecule has 6 rings (SSSR count). The molecule has 0 heterocycles. The van der Waals surface area contributed by atoms with Crippen molar-refractivity contribution in [2.75, 3.05) is 0 Å². The fourth-order valence-corrected chi connectivity index (χ4v) is 8.91. The minimum Gasteiger partial charge on any atom is -0.0707 e. The van der Waals surface area contributed by atoms with Crippen LogP contribution in [0.1, 0.15) is 46.0 Å². The summed E-state index contributed by atoms with van der Waals surface area (Å²) in [5.74, 6) is 11.5. The number of fused-ring (bicyclic) bond motifs is 16. The van der Waals surface area contributed by atoms with Gasteiger partial charge in [-0.1, -0.05) is 11.1 Å². The molecule has 0 spiro atoms. The summed E-state index contributed by atoms with van der Waals surface area (Å²) in [5.41, 5.74) is 3.66. The van der Waals surface area contributed by atoms with E-state index in [4.69, 9.17) is 0 Å². The minimum atomic E-state index is 1.03. The molecule has 0 aromatic carbocycles. The highest BCUT2D eigenvalue weighted by Crippen LogP contribution is 2.77. The van der Waals surface area contributed by atoms with Gasteiger partial charge < -0.3 is 0 Å². The van der Waals surface area contributed by atoms with Crippen LogP contribution in [-0.2, 0) is 0 Å². The predicted molar refractivity (Wildman–Crippen MR) is 76.4 cm³/mol. The summed E-state index contributed by atoms with van der Waals surface area (Å²) in [4.78, 5) is 0. The third-order valence-electron chi connectivity index (χ3n) is 9.18. The maximum Gasteiger partial charge on any atom is -0.0163 e. The van der Waals surface area contributed by atoms with Gasteiger partial charge in [-0.2, -0.15) is 0 Å². The van der Waals surface area contributed by atoms with E-state index in [1.54, 1.807) is 32.1 Å². The Kier molecular flexibility index (Phi) is 1.65. The fraction of sp³-hybridized carbons (Fsp3) is 0.895. The van der Waals surface area contributed by atoms with Crippen LogP contribution in [0.15, 0.2) is 11.1 Å². The molecule has 0 radical (unpaired) electrons. The molecule has 0 aliphatic heterocycles. The zero-order valence-electron chi connectivity index (χ0n) is 12.3. The monoisotopic (exact) mass is 254 g/mol. The highest BCUT2D eigenvalue weighted by molar-refractivity contribution is 5.34. The summed E-state index contributed by atoms with van der Waals surface area (Å²) >= 11 is 0. The Morgan fingerprint density at radius 2 is 1.16 bits per heavy atom. The van der Waals surface area contributed by atoms with Crippen LogP contribution in [-0.4, -0.2) is 0 Å². The third kappa shape index (κ3) is 0.930. The molecule has 0 heteroatoms. The molecule has 19 heavy (non-hydrogen) atoms. The van der Waals surface area contributed by atoms with E-state index in [2.05, 4.69) is 13.8 Å². The van der Waals surface area contributed by atoms with Crippen LogP contribution < -0.4 is 0 Å². The molecule has 0 aromatic heterocycles. The first-order valence-electron chi connectivity index (χ1n) is 8.93. The third-order valence-corrected chi connectivity index (χ3v) is 9.18. The Balaban J connectivity index is 1.47. The first kappa shape index (κ1) is 10.5. The van der Waals surface area contributed by atoms with Crippen LogP contribution in [0, 0.1) is 59.2 Å². The Morgan fingerprint density at radius 1 is 0.632 bits per heavy atom. The molecule has 5 fully saturated rings. The van der Waals surface area contributed by atoms with Gasteiger partial charge in [0.05, 0.1) is 0 Å². The van der Waals surface area contributed by atoms with Gasteiger partial charge in [-0.3, -0.25) is 0 Å². The van der Waals surface area contributed by atoms with Gasteiger partial charge in [-0.05, 0) is 105 Å². The predicted octanol–water partition coefficient (Wildman–Crippen LogP) is 4.52. The van der Waals surface area contributed by atoms with Crippen LogP contribution in [0.25, 0.3) is 0 Å². The molecule has 6 aliphatic rings. The molecule has 6 aliphatic carbocycles. The molecule has 0 amide bonds. The molecule has 0 N–H and O–H groups in total. The fourth-order valence-electron chi connectivity index (χ4n) is 8.91. The summed E-state index contributed by atoms with van der Waals surface area (Å²) in [5, 5.41) is 0. The van der Waals surface area contributed by atoms with E-state index in [1.807, 2.05) is 11.1 Å².